The third-order valence-electron chi connectivity index (χ3n) is 3.54. The highest BCUT2D eigenvalue weighted by atomic mass is 16.5. The molecule has 0 fully saturated rings. The topological polar surface area (TPSA) is 47.0 Å². The van der Waals surface area contributed by atoms with Crippen LogP contribution in [0.2, 0.25) is 0 Å². The highest BCUT2D eigenvalue weighted by Gasteiger charge is 2.17. The minimum atomic E-state index is -0.00856. The second-order valence-corrected chi connectivity index (χ2v) is 4.78. The number of hydrogen-bond donors (Lipinski definition) is 1. The van der Waals surface area contributed by atoms with Crippen LogP contribution in [0.4, 0.5) is 0 Å². The summed E-state index contributed by atoms with van der Waals surface area (Å²) in [4.78, 5) is 8.80. The highest BCUT2D eigenvalue weighted by Crippen LogP contribution is 2.28. The zero-order valence-corrected chi connectivity index (χ0v) is 12.1. The van der Waals surface area contributed by atoms with Gasteiger partial charge < -0.3 is 10.1 Å². The number of fused-ring (bicyclic) bond motifs is 1. The number of benzene rings is 1. The Morgan fingerprint density at radius 1 is 1.10 bits per heavy atom. The fourth-order valence-corrected chi connectivity index (χ4v) is 2.54. The summed E-state index contributed by atoms with van der Waals surface area (Å²) < 4.78 is 5.37. The quantitative estimate of drug-likeness (QED) is 0.797. The summed E-state index contributed by atoms with van der Waals surface area (Å²) in [7, 11) is 3.56. The largest absolute Gasteiger partial charge is 0.481 e. The normalized spacial score (nSPS) is 12.3. The molecule has 1 atom stereocenters. The molecule has 2 aromatic heterocycles. The van der Waals surface area contributed by atoms with Gasteiger partial charge in [-0.3, -0.25) is 4.98 Å². The van der Waals surface area contributed by atoms with Crippen molar-refractivity contribution >= 4 is 10.9 Å². The summed E-state index contributed by atoms with van der Waals surface area (Å²) >= 11 is 0. The Kier molecular flexibility index (Phi) is 3.79. The van der Waals surface area contributed by atoms with Gasteiger partial charge in [0.05, 0.1) is 18.7 Å². The number of hydrogen-bond acceptors (Lipinski definition) is 4. The fourth-order valence-electron chi connectivity index (χ4n) is 2.54. The van der Waals surface area contributed by atoms with E-state index in [0.717, 1.165) is 22.0 Å². The van der Waals surface area contributed by atoms with Crippen molar-refractivity contribution in [2.75, 3.05) is 14.2 Å². The minimum Gasteiger partial charge on any atom is -0.481 e. The van der Waals surface area contributed by atoms with Gasteiger partial charge in [-0.1, -0.05) is 24.3 Å². The number of methoxy groups -OCH3 is 1. The first-order valence-corrected chi connectivity index (χ1v) is 6.84. The SMILES string of the molecule is CNC(c1cnc2ccccc2c1)c1cccnc1OC. The molecule has 0 aliphatic heterocycles. The molecule has 3 rings (SSSR count). The smallest absolute Gasteiger partial charge is 0.218 e. The highest BCUT2D eigenvalue weighted by molar-refractivity contribution is 5.79. The van der Waals surface area contributed by atoms with Gasteiger partial charge in [0, 0.05) is 23.3 Å². The zero-order valence-electron chi connectivity index (χ0n) is 12.1. The van der Waals surface area contributed by atoms with Gasteiger partial charge in [0.1, 0.15) is 0 Å². The molecule has 2 heterocycles. The van der Waals surface area contributed by atoms with E-state index in [0.29, 0.717) is 5.88 Å². The number of nitrogens with zero attached hydrogens (tertiary/aromatic N) is 2. The van der Waals surface area contributed by atoms with Gasteiger partial charge in [0.15, 0.2) is 0 Å². The lowest BCUT2D eigenvalue weighted by molar-refractivity contribution is 0.388. The summed E-state index contributed by atoms with van der Waals surface area (Å²) in [6.45, 7) is 0. The van der Waals surface area contributed by atoms with Crippen LogP contribution in [0, 0.1) is 0 Å². The van der Waals surface area contributed by atoms with Crippen molar-refractivity contribution in [2.45, 2.75) is 6.04 Å². The number of ether oxygens (including phenoxy) is 1. The van der Waals surface area contributed by atoms with Crippen LogP contribution >= 0.6 is 0 Å². The van der Waals surface area contributed by atoms with Gasteiger partial charge in [0.25, 0.3) is 0 Å². The van der Waals surface area contributed by atoms with E-state index in [1.807, 2.05) is 43.6 Å². The molecule has 4 heteroatoms. The third-order valence-corrected chi connectivity index (χ3v) is 3.54. The Morgan fingerprint density at radius 3 is 2.76 bits per heavy atom. The van der Waals surface area contributed by atoms with Gasteiger partial charge in [0.2, 0.25) is 5.88 Å². The Bertz CT molecular complexity index is 758. The minimum absolute atomic E-state index is 0.00856. The Labute approximate surface area is 123 Å². The van der Waals surface area contributed by atoms with Crippen molar-refractivity contribution in [1.29, 1.82) is 0 Å². The fraction of sp³-hybridized carbons (Fsp3) is 0.176. The molecule has 0 saturated carbocycles. The maximum atomic E-state index is 5.37. The Morgan fingerprint density at radius 2 is 1.95 bits per heavy atom. The molecule has 21 heavy (non-hydrogen) atoms. The first-order chi connectivity index (χ1) is 10.3. The van der Waals surface area contributed by atoms with Gasteiger partial charge >= 0.3 is 0 Å². The van der Waals surface area contributed by atoms with Crippen molar-refractivity contribution in [3.63, 3.8) is 0 Å². The molecule has 0 aliphatic carbocycles. The standard InChI is InChI=1S/C17H17N3O/c1-18-16(14-7-5-9-19-17(14)21-2)13-10-12-6-3-4-8-15(12)20-11-13/h3-11,16,18H,1-2H3. The van der Waals surface area contributed by atoms with Crippen molar-refractivity contribution < 1.29 is 4.74 Å². The Balaban J connectivity index is 2.09. The number of aromatic nitrogens is 2. The molecule has 4 nitrogen and oxygen atoms in total. The van der Waals surface area contributed by atoms with Crippen LogP contribution in [0.15, 0.2) is 54.9 Å². The average Bonchev–Trinajstić information content (AvgIpc) is 2.56. The lowest BCUT2D eigenvalue weighted by Gasteiger charge is -2.19. The van der Waals surface area contributed by atoms with Gasteiger partial charge in [-0.2, -0.15) is 0 Å². The van der Waals surface area contributed by atoms with Crippen LogP contribution in [0.3, 0.4) is 0 Å². The zero-order chi connectivity index (χ0) is 14.7. The average molecular weight is 279 g/mol. The second kappa shape index (κ2) is 5.89. The lowest BCUT2D eigenvalue weighted by atomic mass is 10.00. The van der Waals surface area contributed by atoms with Crippen LogP contribution in [-0.4, -0.2) is 24.1 Å². The van der Waals surface area contributed by atoms with E-state index in [4.69, 9.17) is 4.74 Å². The summed E-state index contributed by atoms with van der Waals surface area (Å²) in [5.74, 6) is 0.630. The van der Waals surface area contributed by atoms with Crippen LogP contribution < -0.4 is 10.1 Å². The molecule has 0 radical (unpaired) electrons. The van der Waals surface area contributed by atoms with E-state index >= 15 is 0 Å². The molecule has 1 unspecified atom stereocenters. The van der Waals surface area contributed by atoms with Crippen LogP contribution in [-0.2, 0) is 0 Å². The first-order valence-electron chi connectivity index (χ1n) is 6.84. The van der Waals surface area contributed by atoms with E-state index in [2.05, 4.69) is 27.4 Å². The van der Waals surface area contributed by atoms with E-state index in [-0.39, 0.29) is 6.04 Å². The molecule has 0 amide bonds. The van der Waals surface area contributed by atoms with Gasteiger partial charge in [-0.05, 0) is 30.8 Å². The Hall–Kier alpha value is -2.46. The summed E-state index contributed by atoms with van der Waals surface area (Å²) in [6.07, 6.45) is 3.63. The lowest BCUT2D eigenvalue weighted by Crippen LogP contribution is -2.19. The molecule has 0 saturated heterocycles. The van der Waals surface area contributed by atoms with E-state index in [1.165, 1.54) is 0 Å². The summed E-state index contributed by atoms with van der Waals surface area (Å²) in [6, 6.07) is 14.2. The first kappa shape index (κ1) is 13.5. The molecule has 0 bridgehead atoms. The second-order valence-electron chi connectivity index (χ2n) is 4.78. The molecule has 1 aromatic carbocycles. The maximum Gasteiger partial charge on any atom is 0.218 e. The number of para-hydroxylation sites is 1. The maximum absolute atomic E-state index is 5.37. The van der Waals surface area contributed by atoms with Crippen LogP contribution in [0.25, 0.3) is 10.9 Å². The van der Waals surface area contributed by atoms with Crippen molar-refractivity contribution in [3.8, 4) is 5.88 Å². The summed E-state index contributed by atoms with van der Waals surface area (Å²) in [5, 5.41) is 4.44. The van der Waals surface area contributed by atoms with Crippen molar-refractivity contribution in [1.82, 2.24) is 15.3 Å². The van der Waals surface area contributed by atoms with Crippen LogP contribution in [0.5, 0.6) is 5.88 Å². The van der Waals surface area contributed by atoms with Crippen molar-refractivity contribution in [3.05, 3.63) is 66.0 Å². The number of pyridine rings is 2. The van der Waals surface area contributed by atoms with Crippen molar-refractivity contribution in [2.24, 2.45) is 0 Å². The van der Waals surface area contributed by atoms with E-state index in [1.54, 1.807) is 13.3 Å². The number of nitrogens with one attached hydrogen (secondary N) is 1. The number of rotatable bonds is 4. The summed E-state index contributed by atoms with van der Waals surface area (Å²) in [5.41, 5.74) is 3.08. The molecule has 3 aromatic rings. The molecular formula is C17H17N3O. The van der Waals surface area contributed by atoms with Gasteiger partial charge in [-0.15, -0.1) is 0 Å². The monoisotopic (exact) mass is 279 g/mol. The molecular weight excluding hydrogens is 262 g/mol. The third kappa shape index (κ3) is 2.58. The predicted molar refractivity (Wildman–Crippen MR) is 83.4 cm³/mol. The molecule has 0 spiro atoms. The molecule has 0 aliphatic rings. The predicted octanol–water partition coefficient (Wildman–Crippen LogP) is 2.95. The van der Waals surface area contributed by atoms with Gasteiger partial charge in [-0.25, -0.2) is 4.98 Å². The van der Waals surface area contributed by atoms with E-state index in [9.17, 15) is 0 Å². The van der Waals surface area contributed by atoms with E-state index < -0.39 is 0 Å². The molecule has 106 valence electrons. The molecule has 1 N–H and O–H groups in total. The van der Waals surface area contributed by atoms with Crippen LogP contribution in [0.1, 0.15) is 17.2 Å².